The van der Waals surface area contributed by atoms with Crippen LogP contribution in [0.4, 0.5) is 0 Å². The Morgan fingerprint density at radius 2 is 2.16 bits per heavy atom. The molecule has 1 aliphatic rings. The Hall–Kier alpha value is -1.35. The molecule has 0 aromatic heterocycles. The zero-order valence-corrected chi connectivity index (χ0v) is 11.7. The third-order valence-corrected chi connectivity index (χ3v) is 3.80. The quantitative estimate of drug-likeness (QED) is 0.770. The van der Waals surface area contributed by atoms with E-state index in [4.69, 9.17) is 0 Å². The Labute approximate surface area is 115 Å². The van der Waals surface area contributed by atoms with E-state index in [9.17, 15) is 4.79 Å². The molecule has 0 saturated carbocycles. The summed E-state index contributed by atoms with van der Waals surface area (Å²) in [6.07, 6.45) is 4.13. The number of nitrogens with one attached hydrogen (secondary N) is 2. The molecule has 2 rings (SSSR count). The molecule has 1 unspecified atom stereocenters. The summed E-state index contributed by atoms with van der Waals surface area (Å²) in [6.45, 7) is 4.59. The SMILES string of the molecule is CCNCCNC(=O)CC1CCCc2ccccc21. The normalized spacial score (nSPS) is 17.8. The smallest absolute Gasteiger partial charge is 0.220 e. The predicted molar refractivity (Wildman–Crippen MR) is 78.3 cm³/mol. The van der Waals surface area contributed by atoms with Gasteiger partial charge in [-0.1, -0.05) is 31.2 Å². The first-order valence-electron chi connectivity index (χ1n) is 7.36. The summed E-state index contributed by atoms with van der Waals surface area (Å²) in [5, 5.41) is 6.20. The van der Waals surface area contributed by atoms with Gasteiger partial charge in [0.15, 0.2) is 0 Å². The minimum atomic E-state index is 0.180. The van der Waals surface area contributed by atoms with Crippen molar-refractivity contribution in [1.29, 1.82) is 0 Å². The van der Waals surface area contributed by atoms with Gasteiger partial charge in [-0.2, -0.15) is 0 Å². The van der Waals surface area contributed by atoms with Gasteiger partial charge >= 0.3 is 0 Å². The number of hydrogen-bond donors (Lipinski definition) is 2. The number of carbonyl (C=O) groups is 1. The number of likely N-dealkylation sites (N-methyl/N-ethyl adjacent to an activating group) is 1. The molecule has 0 fully saturated rings. The highest BCUT2D eigenvalue weighted by Gasteiger charge is 2.21. The second kappa shape index (κ2) is 7.29. The van der Waals surface area contributed by atoms with E-state index in [1.54, 1.807) is 0 Å². The molecular formula is C16H24N2O. The summed E-state index contributed by atoms with van der Waals surface area (Å²) in [7, 11) is 0. The molecule has 19 heavy (non-hydrogen) atoms. The highest BCUT2D eigenvalue weighted by Crippen LogP contribution is 2.33. The van der Waals surface area contributed by atoms with Crippen LogP contribution in [0.25, 0.3) is 0 Å². The summed E-state index contributed by atoms with van der Waals surface area (Å²) in [5.74, 6) is 0.587. The molecule has 1 atom stereocenters. The fourth-order valence-corrected chi connectivity index (χ4v) is 2.83. The first kappa shape index (κ1) is 14.1. The maximum Gasteiger partial charge on any atom is 0.220 e. The van der Waals surface area contributed by atoms with Crippen LogP contribution in [0.5, 0.6) is 0 Å². The van der Waals surface area contributed by atoms with Crippen molar-refractivity contribution in [3.05, 3.63) is 35.4 Å². The number of amides is 1. The molecule has 1 aromatic carbocycles. The molecule has 0 saturated heterocycles. The fourth-order valence-electron chi connectivity index (χ4n) is 2.83. The Bertz CT molecular complexity index is 417. The van der Waals surface area contributed by atoms with Gasteiger partial charge < -0.3 is 10.6 Å². The Kier molecular flexibility index (Phi) is 5.40. The van der Waals surface area contributed by atoms with Gasteiger partial charge in [0.25, 0.3) is 0 Å². The van der Waals surface area contributed by atoms with Crippen LogP contribution in [0, 0.1) is 0 Å². The van der Waals surface area contributed by atoms with Crippen LogP contribution in [0.2, 0.25) is 0 Å². The first-order chi connectivity index (χ1) is 9.31. The predicted octanol–water partition coefficient (Wildman–Crippen LogP) is 2.22. The van der Waals surface area contributed by atoms with E-state index in [0.29, 0.717) is 12.3 Å². The maximum absolute atomic E-state index is 11.9. The third kappa shape index (κ3) is 4.06. The van der Waals surface area contributed by atoms with E-state index in [1.807, 2.05) is 0 Å². The van der Waals surface area contributed by atoms with Crippen molar-refractivity contribution >= 4 is 5.91 Å². The molecular weight excluding hydrogens is 236 g/mol. The standard InChI is InChI=1S/C16H24N2O/c1-2-17-10-11-18-16(19)12-14-8-5-7-13-6-3-4-9-15(13)14/h3-4,6,9,14,17H,2,5,7-8,10-12H2,1H3,(H,18,19). The lowest BCUT2D eigenvalue weighted by atomic mass is 9.81. The van der Waals surface area contributed by atoms with Gasteiger partial charge in [0, 0.05) is 19.5 Å². The van der Waals surface area contributed by atoms with Crippen LogP contribution in [0.3, 0.4) is 0 Å². The lowest BCUT2D eigenvalue weighted by Gasteiger charge is -2.25. The van der Waals surface area contributed by atoms with E-state index in [1.165, 1.54) is 17.5 Å². The second-order valence-electron chi connectivity index (χ2n) is 5.20. The monoisotopic (exact) mass is 260 g/mol. The van der Waals surface area contributed by atoms with Gasteiger partial charge in [0.2, 0.25) is 5.91 Å². The van der Waals surface area contributed by atoms with Crippen molar-refractivity contribution < 1.29 is 4.79 Å². The lowest BCUT2D eigenvalue weighted by Crippen LogP contribution is -2.32. The van der Waals surface area contributed by atoms with Crippen molar-refractivity contribution in [1.82, 2.24) is 10.6 Å². The average Bonchev–Trinajstić information content (AvgIpc) is 2.44. The summed E-state index contributed by atoms with van der Waals surface area (Å²) in [6, 6.07) is 8.56. The molecule has 0 spiro atoms. The maximum atomic E-state index is 11.9. The number of aryl methyl sites for hydroxylation is 1. The molecule has 0 aliphatic heterocycles. The van der Waals surface area contributed by atoms with Gasteiger partial charge in [-0.15, -0.1) is 0 Å². The summed E-state index contributed by atoms with van der Waals surface area (Å²) in [4.78, 5) is 11.9. The highest BCUT2D eigenvalue weighted by atomic mass is 16.1. The van der Waals surface area contributed by atoms with E-state index in [0.717, 1.165) is 32.5 Å². The Balaban J connectivity index is 1.85. The van der Waals surface area contributed by atoms with E-state index < -0.39 is 0 Å². The van der Waals surface area contributed by atoms with E-state index >= 15 is 0 Å². The molecule has 3 heteroatoms. The fraction of sp³-hybridized carbons (Fsp3) is 0.562. The first-order valence-corrected chi connectivity index (χ1v) is 7.36. The zero-order valence-electron chi connectivity index (χ0n) is 11.7. The zero-order chi connectivity index (χ0) is 13.5. The van der Waals surface area contributed by atoms with Crippen LogP contribution in [-0.4, -0.2) is 25.5 Å². The van der Waals surface area contributed by atoms with Crippen molar-refractivity contribution in [2.45, 2.75) is 38.5 Å². The van der Waals surface area contributed by atoms with Gasteiger partial charge in [-0.3, -0.25) is 4.79 Å². The molecule has 2 N–H and O–H groups in total. The second-order valence-corrected chi connectivity index (χ2v) is 5.20. The number of carbonyl (C=O) groups excluding carboxylic acids is 1. The molecule has 3 nitrogen and oxygen atoms in total. The van der Waals surface area contributed by atoms with E-state index in [-0.39, 0.29) is 5.91 Å². The van der Waals surface area contributed by atoms with Crippen molar-refractivity contribution in [3.8, 4) is 0 Å². The van der Waals surface area contributed by atoms with Crippen LogP contribution < -0.4 is 10.6 Å². The molecule has 1 aromatic rings. The van der Waals surface area contributed by atoms with Crippen LogP contribution in [0.15, 0.2) is 24.3 Å². The summed E-state index contributed by atoms with van der Waals surface area (Å²) in [5.41, 5.74) is 2.81. The number of benzene rings is 1. The van der Waals surface area contributed by atoms with Crippen molar-refractivity contribution in [2.75, 3.05) is 19.6 Å². The van der Waals surface area contributed by atoms with Crippen LogP contribution in [-0.2, 0) is 11.2 Å². The minimum absolute atomic E-state index is 0.180. The van der Waals surface area contributed by atoms with Gasteiger partial charge in [0.05, 0.1) is 0 Å². The molecule has 1 aliphatic carbocycles. The molecule has 0 radical (unpaired) electrons. The molecule has 0 heterocycles. The van der Waals surface area contributed by atoms with Gasteiger partial charge in [-0.05, 0) is 42.9 Å². The lowest BCUT2D eigenvalue weighted by molar-refractivity contribution is -0.121. The molecule has 1 amide bonds. The largest absolute Gasteiger partial charge is 0.355 e. The molecule has 0 bridgehead atoms. The number of rotatable bonds is 6. The highest BCUT2D eigenvalue weighted by molar-refractivity contribution is 5.77. The van der Waals surface area contributed by atoms with E-state index in [2.05, 4.69) is 41.8 Å². The Morgan fingerprint density at radius 3 is 3.00 bits per heavy atom. The Morgan fingerprint density at radius 1 is 1.32 bits per heavy atom. The molecule has 104 valence electrons. The van der Waals surface area contributed by atoms with Gasteiger partial charge in [-0.25, -0.2) is 0 Å². The number of hydrogen-bond acceptors (Lipinski definition) is 2. The average molecular weight is 260 g/mol. The van der Waals surface area contributed by atoms with Crippen LogP contribution in [0.1, 0.15) is 43.2 Å². The number of fused-ring (bicyclic) bond motifs is 1. The van der Waals surface area contributed by atoms with Crippen molar-refractivity contribution in [2.24, 2.45) is 0 Å². The third-order valence-electron chi connectivity index (χ3n) is 3.80. The summed E-state index contributed by atoms with van der Waals surface area (Å²) >= 11 is 0. The van der Waals surface area contributed by atoms with Crippen LogP contribution >= 0.6 is 0 Å². The van der Waals surface area contributed by atoms with Gasteiger partial charge in [0.1, 0.15) is 0 Å². The van der Waals surface area contributed by atoms with Crippen molar-refractivity contribution in [3.63, 3.8) is 0 Å². The topological polar surface area (TPSA) is 41.1 Å². The summed E-state index contributed by atoms with van der Waals surface area (Å²) < 4.78 is 0. The minimum Gasteiger partial charge on any atom is -0.355 e.